The van der Waals surface area contributed by atoms with Gasteiger partial charge in [-0.1, -0.05) is 13.8 Å². The molecular formula is C17H22N4O4. The average Bonchev–Trinajstić information content (AvgIpc) is 3.01. The summed E-state index contributed by atoms with van der Waals surface area (Å²) in [4.78, 5) is 29.9. The lowest BCUT2D eigenvalue weighted by Crippen LogP contribution is -2.62. The van der Waals surface area contributed by atoms with Crippen LogP contribution in [0.1, 0.15) is 48.0 Å². The predicted octanol–water partition coefficient (Wildman–Crippen LogP) is 1.70. The van der Waals surface area contributed by atoms with Crippen molar-refractivity contribution in [3.8, 4) is 0 Å². The van der Waals surface area contributed by atoms with Crippen molar-refractivity contribution in [1.29, 1.82) is 0 Å². The van der Waals surface area contributed by atoms with Crippen LogP contribution in [0.2, 0.25) is 0 Å². The zero-order chi connectivity index (χ0) is 18.4. The SMILES string of the molecule is CCO[C@H]1C[C@@H](N(C)C(=O)c2ccnc3c(C(=O)O)cnn23)C1(C)C. The summed E-state index contributed by atoms with van der Waals surface area (Å²) in [5.41, 5.74) is 0.267. The lowest BCUT2D eigenvalue weighted by atomic mass is 9.63. The Hall–Kier alpha value is -2.48. The van der Waals surface area contributed by atoms with E-state index in [1.165, 1.54) is 16.9 Å². The molecule has 134 valence electrons. The highest BCUT2D eigenvalue weighted by Crippen LogP contribution is 2.45. The molecule has 2 aromatic rings. The quantitative estimate of drug-likeness (QED) is 0.885. The minimum atomic E-state index is -1.12. The molecular weight excluding hydrogens is 324 g/mol. The highest BCUT2D eigenvalue weighted by molar-refractivity contribution is 5.97. The molecule has 1 saturated carbocycles. The number of rotatable bonds is 5. The van der Waals surface area contributed by atoms with E-state index in [0.717, 1.165) is 6.42 Å². The standard InChI is InChI=1S/C17H22N4O4/c1-5-25-13-8-12(17(13,2)3)20(4)15(22)11-6-7-18-14-10(16(23)24)9-19-21(11)14/h6-7,9,12-13H,5,8H2,1-4H3,(H,23,24)/t12-,13+/m1/s1. The van der Waals surface area contributed by atoms with E-state index in [4.69, 9.17) is 4.74 Å². The Labute approximate surface area is 145 Å². The normalized spacial score (nSPS) is 21.8. The number of carbonyl (C=O) groups is 2. The summed E-state index contributed by atoms with van der Waals surface area (Å²) in [6.07, 6.45) is 3.54. The fourth-order valence-corrected chi connectivity index (χ4v) is 3.53. The lowest BCUT2D eigenvalue weighted by molar-refractivity contribution is -0.136. The van der Waals surface area contributed by atoms with Gasteiger partial charge in [-0.25, -0.2) is 14.3 Å². The van der Waals surface area contributed by atoms with Crippen LogP contribution < -0.4 is 0 Å². The largest absolute Gasteiger partial charge is 0.477 e. The van der Waals surface area contributed by atoms with Crippen LogP contribution in [0.3, 0.4) is 0 Å². The Kier molecular flexibility index (Phi) is 4.24. The van der Waals surface area contributed by atoms with Gasteiger partial charge in [0.15, 0.2) is 5.65 Å². The summed E-state index contributed by atoms with van der Waals surface area (Å²) in [6, 6.07) is 1.59. The molecule has 0 spiro atoms. The van der Waals surface area contributed by atoms with Gasteiger partial charge in [0.05, 0.1) is 12.3 Å². The van der Waals surface area contributed by atoms with Gasteiger partial charge in [-0.3, -0.25) is 4.79 Å². The van der Waals surface area contributed by atoms with Gasteiger partial charge in [-0.05, 0) is 19.4 Å². The van der Waals surface area contributed by atoms with Gasteiger partial charge in [0.2, 0.25) is 0 Å². The van der Waals surface area contributed by atoms with Crippen LogP contribution in [-0.4, -0.2) is 62.3 Å². The smallest absolute Gasteiger partial charge is 0.341 e. The van der Waals surface area contributed by atoms with E-state index in [0.29, 0.717) is 6.61 Å². The topological polar surface area (TPSA) is 97.0 Å². The van der Waals surface area contributed by atoms with E-state index in [-0.39, 0.29) is 40.4 Å². The fourth-order valence-electron chi connectivity index (χ4n) is 3.53. The first-order valence-corrected chi connectivity index (χ1v) is 8.23. The number of carboxylic acids is 1. The first kappa shape index (κ1) is 17.3. The van der Waals surface area contributed by atoms with E-state index >= 15 is 0 Å². The molecule has 0 aromatic carbocycles. The van der Waals surface area contributed by atoms with E-state index in [2.05, 4.69) is 23.9 Å². The maximum Gasteiger partial charge on any atom is 0.341 e. The summed E-state index contributed by atoms with van der Waals surface area (Å²) in [6.45, 7) is 6.78. The van der Waals surface area contributed by atoms with Crippen molar-refractivity contribution in [2.45, 2.75) is 39.3 Å². The molecule has 0 bridgehead atoms. The highest BCUT2D eigenvalue weighted by Gasteiger charge is 2.52. The monoisotopic (exact) mass is 346 g/mol. The second-order valence-electron chi connectivity index (χ2n) is 6.86. The Morgan fingerprint density at radius 1 is 1.48 bits per heavy atom. The fraction of sp³-hybridized carbons (Fsp3) is 0.529. The Morgan fingerprint density at radius 2 is 2.20 bits per heavy atom. The number of aromatic nitrogens is 3. The molecule has 0 unspecified atom stereocenters. The molecule has 1 fully saturated rings. The summed E-state index contributed by atoms with van der Waals surface area (Å²) in [5.74, 6) is -1.35. The van der Waals surface area contributed by atoms with E-state index in [1.54, 1.807) is 18.0 Å². The molecule has 1 aliphatic carbocycles. The van der Waals surface area contributed by atoms with Gasteiger partial charge in [0, 0.05) is 31.3 Å². The number of amides is 1. The number of carbonyl (C=O) groups excluding carboxylic acids is 1. The number of hydrogen-bond acceptors (Lipinski definition) is 5. The Balaban J connectivity index is 1.89. The molecule has 0 radical (unpaired) electrons. The first-order chi connectivity index (χ1) is 11.8. The molecule has 8 heteroatoms. The molecule has 0 saturated heterocycles. The summed E-state index contributed by atoms with van der Waals surface area (Å²) in [5, 5.41) is 13.2. The van der Waals surface area contributed by atoms with E-state index < -0.39 is 5.97 Å². The Morgan fingerprint density at radius 3 is 2.80 bits per heavy atom. The van der Waals surface area contributed by atoms with Gasteiger partial charge < -0.3 is 14.7 Å². The van der Waals surface area contributed by atoms with Crippen molar-refractivity contribution in [2.75, 3.05) is 13.7 Å². The van der Waals surface area contributed by atoms with Crippen LogP contribution in [0.15, 0.2) is 18.5 Å². The molecule has 2 aromatic heterocycles. The summed E-state index contributed by atoms with van der Waals surface area (Å²) in [7, 11) is 1.75. The van der Waals surface area contributed by atoms with E-state index in [1.807, 2.05) is 6.92 Å². The van der Waals surface area contributed by atoms with Crippen LogP contribution in [0.5, 0.6) is 0 Å². The third kappa shape index (κ3) is 2.66. The highest BCUT2D eigenvalue weighted by atomic mass is 16.5. The summed E-state index contributed by atoms with van der Waals surface area (Å²) < 4.78 is 7.01. The molecule has 3 rings (SSSR count). The summed E-state index contributed by atoms with van der Waals surface area (Å²) >= 11 is 0. The molecule has 8 nitrogen and oxygen atoms in total. The van der Waals surface area contributed by atoms with Crippen LogP contribution in [0.4, 0.5) is 0 Å². The van der Waals surface area contributed by atoms with Gasteiger partial charge >= 0.3 is 5.97 Å². The number of nitrogens with zero attached hydrogens (tertiary/aromatic N) is 4. The van der Waals surface area contributed by atoms with Crippen molar-refractivity contribution in [3.05, 3.63) is 29.7 Å². The minimum absolute atomic E-state index is 0.0299. The van der Waals surface area contributed by atoms with Crippen molar-refractivity contribution >= 4 is 17.5 Å². The van der Waals surface area contributed by atoms with E-state index in [9.17, 15) is 14.7 Å². The average molecular weight is 346 g/mol. The molecule has 1 N–H and O–H groups in total. The molecule has 2 heterocycles. The number of carboxylic acid groups (broad SMARTS) is 1. The van der Waals surface area contributed by atoms with Gasteiger partial charge in [0.1, 0.15) is 11.3 Å². The second kappa shape index (κ2) is 6.11. The molecule has 1 amide bonds. The number of aromatic carboxylic acids is 1. The third-order valence-corrected chi connectivity index (χ3v) is 5.13. The predicted molar refractivity (Wildman–Crippen MR) is 89.6 cm³/mol. The van der Waals surface area contributed by atoms with Crippen molar-refractivity contribution in [2.24, 2.45) is 5.41 Å². The first-order valence-electron chi connectivity index (χ1n) is 8.23. The van der Waals surface area contributed by atoms with Crippen LogP contribution in [0.25, 0.3) is 5.65 Å². The zero-order valence-electron chi connectivity index (χ0n) is 14.8. The number of hydrogen-bond donors (Lipinski definition) is 1. The maximum absolute atomic E-state index is 13.0. The van der Waals surface area contributed by atoms with Crippen molar-refractivity contribution < 1.29 is 19.4 Å². The third-order valence-electron chi connectivity index (χ3n) is 5.13. The van der Waals surface area contributed by atoms with Crippen molar-refractivity contribution in [1.82, 2.24) is 19.5 Å². The van der Waals surface area contributed by atoms with Gasteiger partial charge in [-0.15, -0.1) is 0 Å². The van der Waals surface area contributed by atoms with Crippen LogP contribution in [-0.2, 0) is 4.74 Å². The van der Waals surface area contributed by atoms with Gasteiger partial charge in [0.25, 0.3) is 5.91 Å². The molecule has 25 heavy (non-hydrogen) atoms. The number of fused-ring (bicyclic) bond motifs is 1. The second-order valence-corrected chi connectivity index (χ2v) is 6.86. The lowest BCUT2D eigenvalue weighted by Gasteiger charge is -2.54. The molecule has 1 aliphatic rings. The maximum atomic E-state index is 13.0. The van der Waals surface area contributed by atoms with Crippen LogP contribution in [0, 0.1) is 5.41 Å². The van der Waals surface area contributed by atoms with Crippen LogP contribution >= 0.6 is 0 Å². The number of ether oxygens (including phenoxy) is 1. The zero-order valence-corrected chi connectivity index (χ0v) is 14.8. The molecule has 2 atom stereocenters. The van der Waals surface area contributed by atoms with Gasteiger partial charge in [-0.2, -0.15) is 5.10 Å². The minimum Gasteiger partial charge on any atom is -0.477 e. The van der Waals surface area contributed by atoms with Crippen molar-refractivity contribution in [3.63, 3.8) is 0 Å². The molecule has 0 aliphatic heterocycles. The Bertz CT molecular complexity index is 829.